The second-order valence-corrected chi connectivity index (χ2v) is 5.95. The summed E-state index contributed by atoms with van der Waals surface area (Å²) < 4.78 is 42.8. The van der Waals surface area contributed by atoms with Crippen LogP contribution < -0.4 is 11.1 Å². The Labute approximate surface area is 169 Å². The number of alkyl halides is 3. The zero-order valence-corrected chi connectivity index (χ0v) is 16.9. The Morgan fingerprint density at radius 1 is 1.19 bits per heavy atom. The minimum atomic E-state index is -4.30. The van der Waals surface area contributed by atoms with Gasteiger partial charge in [0.25, 0.3) is 0 Å². The number of nitrogens with one attached hydrogen (secondary N) is 1. The van der Waals surface area contributed by atoms with E-state index in [-0.39, 0.29) is 24.0 Å². The average Bonchev–Trinajstić information content (AvgIpc) is 2.59. The number of nitrogens with two attached hydrogens (primary N) is 1. The molecule has 0 aliphatic carbocycles. The lowest BCUT2D eigenvalue weighted by Gasteiger charge is -2.26. The van der Waals surface area contributed by atoms with Gasteiger partial charge in [-0.05, 0) is 30.5 Å². The monoisotopic (exact) mass is 486 g/mol. The van der Waals surface area contributed by atoms with E-state index in [0.717, 1.165) is 57.0 Å². The molecule has 0 atom stereocenters. The Bertz CT molecular complexity index is 546. The average molecular weight is 486 g/mol. The first-order chi connectivity index (χ1) is 11.9. The minimum absolute atomic E-state index is 0. The summed E-state index contributed by atoms with van der Waals surface area (Å²) in [4.78, 5) is 6.60. The summed E-state index contributed by atoms with van der Waals surface area (Å²) in [5, 5.41) is 2.99. The van der Waals surface area contributed by atoms with Crippen molar-refractivity contribution in [2.24, 2.45) is 10.7 Å². The zero-order valence-electron chi connectivity index (χ0n) is 14.6. The van der Waals surface area contributed by atoms with E-state index >= 15 is 0 Å². The van der Waals surface area contributed by atoms with Crippen LogP contribution in [0.15, 0.2) is 29.3 Å². The molecule has 1 aliphatic rings. The van der Waals surface area contributed by atoms with Crippen molar-refractivity contribution in [3.05, 3.63) is 35.4 Å². The fourth-order valence-corrected chi connectivity index (χ4v) is 2.57. The van der Waals surface area contributed by atoms with Crippen LogP contribution in [0.1, 0.15) is 17.5 Å². The van der Waals surface area contributed by atoms with E-state index in [0.29, 0.717) is 25.5 Å². The van der Waals surface area contributed by atoms with Crippen LogP contribution in [0.2, 0.25) is 0 Å². The van der Waals surface area contributed by atoms with Crippen molar-refractivity contribution in [2.45, 2.75) is 19.0 Å². The van der Waals surface area contributed by atoms with Crippen LogP contribution in [-0.4, -0.2) is 56.8 Å². The maximum Gasteiger partial charge on any atom is 0.416 e. The lowest BCUT2D eigenvalue weighted by Crippen LogP contribution is -2.37. The standard InChI is InChI=1S/C17H25F3N4O.HI/c18-17(19,20)15-4-2-14(3-5-15)6-8-23-16(21)22-7-1-9-24-10-12-25-13-11-24;/h2-5H,1,6-13H2,(H3,21,22,23);1H. The van der Waals surface area contributed by atoms with Crippen LogP contribution in [0, 0.1) is 0 Å². The molecule has 26 heavy (non-hydrogen) atoms. The third-order valence-electron chi connectivity index (χ3n) is 4.02. The first kappa shape index (κ1) is 23.0. The van der Waals surface area contributed by atoms with Crippen LogP contribution in [0.25, 0.3) is 0 Å². The molecule has 0 unspecified atom stereocenters. The molecule has 2 rings (SSSR count). The second-order valence-electron chi connectivity index (χ2n) is 5.95. The van der Waals surface area contributed by atoms with Crippen molar-refractivity contribution >= 4 is 29.9 Å². The fraction of sp³-hybridized carbons (Fsp3) is 0.588. The van der Waals surface area contributed by atoms with Crippen LogP contribution in [0.5, 0.6) is 0 Å². The summed E-state index contributed by atoms with van der Waals surface area (Å²) in [5.41, 5.74) is 5.98. The number of hydrogen-bond donors (Lipinski definition) is 2. The van der Waals surface area contributed by atoms with Gasteiger partial charge < -0.3 is 15.8 Å². The molecule has 148 valence electrons. The largest absolute Gasteiger partial charge is 0.416 e. The molecule has 0 saturated carbocycles. The highest BCUT2D eigenvalue weighted by Crippen LogP contribution is 2.29. The Morgan fingerprint density at radius 2 is 1.85 bits per heavy atom. The van der Waals surface area contributed by atoms with Gasteiger partial charge in [-0.25, -0.2) is 0 Å². The Balaban J connectivity index is 0.00000338. The number of rotatable bonds is 7. The van der Waals surface area contributed by atoms with Crippen LogP contribution in [0.4, 0.5) is 13.2 Å². The molecule has 0 amide bonds. The maximum absolute atomic E-state index is 12.5. The van der Waals surface area contributed by atoms with Crippen LogP contribution in [0.3, 0.4) is 0 Å². The molecule has 0 bridgehead atoms. The SMILES string of the molecule is I.NC(=NCCCN1CCOCC1)NCCc1ccc(C(F)(F)F)cc1. The van der Waals surface area contributed by atoms with Crippen molar-refractivity contribution in [2.75, 3.05) is 45.9 Å². The molecule has 9 heteroatoms. The van der Waals surface area contributed by atoms with Gasteiger partial charge >= 0.3 is 6.18 Å². The lowest BCUT2D eigenvalue weighted by molar-refractivity contribution is -0.137. The van der Waals surface area contributed by atoms with Crippen LogP contribution >= 0.6 is 24.0 Å². The third-order valence-corrected chi connectivity index (χ3v) is 4.02. The summed E-state index contributed by atoms with van der Waals surface area (Å²) in [6.45, 7) is 5.66. The number of morpholine rings is 1. The molecule has 0 aromatic heterocycles. The molecule has 0 radical (unpaired) electrons. The van der Waals surface area contributed by atoms with Gasteiger partial charge in [-0.2, -0.15) is 13.2 Å². The van der Waals surface area contributed by atoms with Gasteiger partial charge in [-0.3, -0.25) is 9.89 Å². The highest BCUT2D eigenvalue weighted by Gasteiger charge is 2.29. The van der Waals surface area contributed by atoms with Crippen molar-refractivity contribution in [3.63, 3.8) is 0 Å². The molecule has 1 aromatic carbocycles. The van der Waals surface area contributed by atoms with Gasteiger partial charge in [-0.15, -0.1) is 24.0 Å². The number of aliphatic imine (C=N–C) groups is 1. The molecule has 5 nitrogen and oxygen atoms in total. The predicted molar refractivity (Wildman–Crippen MR) is 107 cm³/mol. The molecular weight excluding hydrogens is 460 g/mol. The Kier molecular flexibility index (Phi) is 10.3. The topological polar surface area (TPSA) is 62.9 Å². The predicted octanol–water partition coefficient (Wildman–Crippen LogP) is 2.49. The molecule has 3 N–H and O–H groups in total. The van der Waals surface area contributed by atoms with Crippen molar-refractivity contribution in [1.82, 2.24) is 10.2 Å². The molecule has 1 heterocycles. The number of nitrogens with zero attached hydrogens (tertiary/aromatic N) is 2. The molecule has 1 aromatic rings. The summed E-state index contributed by atoms with van der Waals surface area (Å²) in [6, 6.07) is 5.16. The fourth-order valence-electron chi connectivity index (χ4n) is 2.57. The van der Waals surface area contributed by atoms with Crippen LogP contribution in [-0.2, 0) is 17.3 Å². The van der Waals surface area contributed by atoms with E-state index in [9.17, 15) is 13.2 Å². The van der Waals surface area contributed by atoms with E-state index in [1.165, 1.54) is 12.1 Å². The molecular formula is C17H26F3IN4O. The van der Waals surface area contributed by atoms with Gasteiger partial charge in [0, 0.05) is 32.7 Å². The van der Waals surface area contributed by atoms with Crippen molar-refractivity contribution in [1.29, 1.82) is 0 Å². The molecule has 1 fully saturated rings. The summed E-state index contributed by atoms with van der Waals surface area (Å²) in [7, 11) is 0. The first-order valence-electron chi connectivity index (χ1n) is 8.45. The number of benzene rings is 1. The van der Waals surface area contributed by atoms with Gasteiger partial charge in [-0.1, -0.05) is 12.1 Å². The normalized spacial score (nSPS) is 16.2. The highest BCUT2D eigenvalue weighted by molar-refractivity contribution is 14.0. The van der Waals surface area contributed by atoms with Gasteiger partial charge in [0.05, 0.1) is 18.8 Å². The minimum Gasteiger partial charge on any atom is -0.379 e. The van der Waals surface area contributed by atoms with E-state index < -0.39 is 11.7 Å². The number of halogens is 4. The number of hydrogen-bond acceptors (Lipinski definition) is 3. The quantitative estimate of drug-likeness (QED) is 0.269. The first-order valence-corrected chi connectivity index (χ1v) is 8.45. The highest BCUT2D eigenvalue weighted by atomic mass is 127. The smallest absolute Gasteiger partial charge is 0.379 e. The lowest BCUT2D eigenvalue weighted by atomic mass is 10.1. The van der Waals surface area contributed by atoms with Crippen molar-refractivity contribution in [3.8, 4) is 0 Å². The summed E-state index contributed by atoms with van der Waals surface area (Å²) in [6.07, 6.45) is -2.78. The molecule has 0 spiro atoms. The van der Waals surface area contributed by atoms with E-state index in [1.54, 1.807) is 0 Å². The Morgan fingerprint density at radius 3 is 2.46 bits per heavy atom. The van der Waals surface area contributed by atoms with E-state index in [1.807, 2.05) is 0 Å². The zero-order chi connectivity index (χ0) is 18.1. The summed E-state index contributed by atoms with van der Waals surface area (Å²) in [5.74, 6) is 0.369. The summed E-state index contributed by atoms with van der Waals surface area (Å²) >= 11 is 0. The van der Waals surface area contributed by atoms with Gasteiger partial charge in [0.1, 0.15) is 0 Å². The molecule has 1 saturated heterocycles. The second kappa shape index (κ2) is 11.6. The third kappa shape index (κ3) is 8.54. The van der Waals surface area contributed by atoms with E-state index in [2.05, 4.69) is 15.2 Å². The van der Waals surface area contributed by atoms with Crippen molar-refractivity contribution < 1.29 is 17.9 Å². The van der Waals surface area contributed by atoms with E-state index in [4.69, 9.17) is 10.5 Å². The Hall–Kier alpha value is -1.07. The maximum atomic E-state index is 12.5. The van der Waals surface area contributed by atoms with Gasteiger partial charge in [0.15, 0.2) is 5.96 Å². The number of ether oxygens (including phenoxy) is 1. The van der Waals surface area contributed by atoms with Gasteiger partial charge in [0.2, 0.25) is 0 Å². The number of guanidine groups is 1. The molecule has 1 aliphatic heterocycles.